The average Bonchev–Trinajstić information content (AvgIpc) is 2.14. The number of aliphatic hydroxyl groups is 1. The van der Waals surface area contributed by atoms with Gasteiger partial charge in [-0.15, -0.1) is 0 Å². The van der Waals surface area contributed by atoms with Crippen LogP contribution < -0.4 is 5.73 Å². The zero-order valence-electron chi connectivity index (χ0n) is 7.89. The first kappa shape index (κ1) is 6.62. The van der Waals surface area contributed by atoms with Gasteiger partial charge in [-0.2, -0.15) is 0 Å². The minimum atomic E-state index is -0.679. The van der Waals surface area contributed by atoms with Gasteiger partial charge in [0.05, 0.1) is 5.60 Å². The van der Waals surface area contributed by atoms with Gasteiger partial charge in [-0.25, -0.2) is 0 Å². The molecule has 0 radical (unpaired) electrons. The maximum atomic E-state index is 9.44. The van der Waals surface area contributed by atoms with Crippen molar-refractivity contribution < 1.29 is 6.48 Å². The van der Waals surface area contributed by atoms with Gasteiger partial charge >= 0.3 is 0 Å². The van der Waals surface area contributed by atoms with Crippen LogP contribution in [-0.4, -0.2) is 16.2 Å². The molecule has 0 heterocycles. The van der Waals surface area contributed by atoms with Gasteiger partial charge in [0.2, 0.25) is 0 Å². The smallest absolute Gasteiger partial charge is 0.0595 e. The first-order valence-corrected chi connectivity index (χ1v) is 3.68. The monoisotopic (exact) mass is 144 g/mol. The van der Waals surface area contributed by atoms with Crippen LogP contribution in [0.5, 0.6) is 0 Å². The van der Waals surface area contributed by atoms with Crippen LogP contribution in [0, 0.1) is 5.92 Å². The van der Waals surface area contributed by atoms with Crippen LogP contribution in [0.1, 0.15) is 35.0 Å². The molecule has 1 aliphatic carbocycles. The predicted octanol–water partition coefficient (Wildman–Crippen LogP) is 0.885. The lowest BCUT2D eigenvalue weighted by Crippen LogP contribution is -2.26. The van der Waals surface area contributed by atoms with Crippen molar-refractivity contribution in [3.05, 3.63) is 0 Å². The summed E-state index contributed by atoms with van der Waals surface area (Å²) in [6.45, 7) is 5.39. The van der Waals surface area contributed by atoms with E-state index in [-0.39, 0.29) is 17.9 Å². The Hall–Kier alpha value is -0.0800. The molecular formula is C8H17NO. The molecule has 10 heavy (non-hydrogen) atoms. The molecule has 0 aliphatic heterocycles. The van der Waals surface area contributed by atoms with E-state index in [1.54, 1.807) is 13.8 Å². The Labute approximate surface area is 63.8 Å². The Morgan fingerprint density at radius 2 is 2.30 bits per heavy atom. The fraction of sp³-hybridized carbons (Fsp3) is 1.00. The van der Waals surface area contributed by atoms with Crippen molar-refractivity contribution in [3.8, 4) is 0 Å². The Morgan fingerprint density at radius 1 is 1.90 bits per heavy atom. The molecule has 0 amide bonds. The molecule has 0 spiro atoms. The van der Waals surface area contributed by atoms with E-state index in [1.807, 2.05) is 6.92 Å². The van der Waals surface area contributed by atoms with Crippen molar-refractivity contribution >= 4 is 0 Å². The summed E-state index contributed by atoms with van der Waals surface area (Å²) < 4.78 is 7.50. The highest BCUT2D eigenvalue weighted by molar-refractivity contribution is 5.05. The Kier molecular flexibility index (Phi) is 1.29. The fourth-order valence-corrected chi connectivity index (χ4v) is 1.20. The van der Waals surface area contributed by atoms with Crippen LogP contribution in [0.4, 0.5) is 0 Å². The Bertz CT molecular complexity index is 162. The van der Waals surface area contributed by atoms with Crippen molar-refractivity contribution in [2.75, 3.05) is 0 Å². The quantitative estimate of drug-likeness (QED) is 0.604. The van der Waals surface area contributed by atoms with Gasteiger partial charge in [0.1, 0.15) is 0 Å². The molecule has 0 aromatic rings. The fourth-order valence-electron chi connectivity index (χ4n) is 1.20. The second kappa shape index (κ2) is 1.95. The van der Waals surface area contributed by atoms with Gasteiger partial charge in [-0.1, -0.05) is 0 Å². The zero-order valence-corrected chi connectivity index (χ0v) is 6.89. The average molecular weight is 144 g/mol. The van der Waals surface area contributed by atoms with E-state index in [0.29, 0.717) is 6.42 Å². The van der Waals surface area contributed by atoms with E-state index < -0.39 is 5.60 Å². The van der Waals surface area contributed by atoms with Gasteiger partial charge in [0.25, 0.3) is 0 Å². The Morgan fingerprint density at radius 3 is 2.40 bits per heavy atom. The van der Waals surface area contributed by atoms with Crippen LogP contribution in [0.3, 0.4) is 0 Å². The van der Waals surface area contributed by atoms with Crippen molar-refractivity contribution in [2.24, 2.45) is 11.7 Å². The molecule has 60 valence electrons. The molecular weight excluding hydrogens is 126 g/mol. The molecule has 0 aromatic carbocycles. The summed E-state index contributed by atoms with van der Waals surface area (Å²) in [6, 6.07) is 0. The first-order chi connectivity index (χ1) is 4.75. The summed E-state index contributed by atoms with van der Waals surface area (Å²) in [4.78, 5) is 0. The Balaban J connectivity index is 2.44. The minimum absolute atomic E-state index is 0.169. The van der Waals surface area contributed by atoms with E-state index in [9.17, 15) is 5.11 Å². The van der Waals surface area contributed by atoms with Gasteiger partial charge < -0.3 is 10.8 Å². The molecule has 1 aliphatic rings. The largest absolute Gasteiger partial charge is 0.390 e. The third kappa shape index (κ3) is 1.96. The maximum absolute atomic E-state index is 9.44. The standard InChI is InChI=1S/C8H17NO/c1-7(2,10)4-6-5-8(6,3)9/h6,10H,4-5,9H2,1-3H3/t6-,8+/m0/s1/i5D/t5-,6-,8+. The van der Waals surface area contributed by atoms with E-state index in [0.717, 1.165) is 0 Å². The molecule has 3 N–H and O–H groups in total. The van der Waals surface area contributed by atoms with E-state index in [2.05, 4.69) is 0 Å². The third-order valence-electron chi connectivity index (χ3n) is 1.97. The third-order valence-corrected chi connectivity index (χ3v) is 1.97. The van der Waals surface area contributed by atoms with Gasteiger partial charge in [-0.05, 0) is 39.5 Å². The van der Waals surface area contributed by atoms with E-state index in [1.165, 1.54) is 0 Å². The predicted molar refractivity (Wildman–Crippen MR) is 41.6 cm³/mol. The lowest BCUT2D eigenvalue weighted by Gasteiger charge is -2.17. The maximum Gasteiger partial charge on any atom is 0.0595 e. The molecule has 0 saturated heterocycles. The number of hydrogen-bond acceptors (Lipinski definition) is 2. The molecule has 2 nitrogen and oxygen atoms in total. The van der Waals surface area contributed by atoms with Gasteiger partial charge in [0, 0.05) is 6.91 Å². The van der Waals surface area contributed by atoms with Crippen molar-refractivity contribution in [3.63, 3.8) is 0 Å². The number of nitrogens with two attached hydrogens (primary N) is 1. The topological polar surface area (TPSA) is 46.2 Å². The summed E-state index contributed by atoms with van der Waals surface area (Å²) in [5.74, 6) is 0.169. The summed E-state index contributed by atoms with van der Waals surface area (Å²) in [5, 5.41) is 9.44. The lowest BCUT2D eigenvalue weighted by molar-refractivity contribution is 0.0628. The van der Waals surface area contributed by atoms with Crippen LogP contribution in [0.25, 0.3) is 0 Å². The van der Waals surface area contributed by atoms with Crippen LogP contribution in [-0.2, 0) is 0 Å². The normalized spacial score (nSPS) is 48.7. The highest BCUT2D eigenvalue weighted by Crippen LogP contribution is 2.45. The molecule has 3 atom stereocenters. The second-order valence-electron chi connectivity index (χ2n) is 4.16. The van der Waals surface area contributed by atoms with E-state index in [4.69, 9.17) is 7.10 Å². The van der Waals surface area contributed by atoms with Gasteiger partial charge in [-0.3, -0.25) is 0 Å². The van der Waals surface area contributed by atoms with Crippen molar-refractivity contribution in [1.29, 1.82) is 0 Å². The number of rotatable bonds is 2. The highest BCUT2D eigenvalue weighted by Gasteiger charge is 2.48. The summed E-state index contributed by atoms with van der Waals surface area (Å²) in [5.41, 5.74) is 4.72. The highest BCUT2D eigenvalue weighted by atomic mass is 16.3. The first-order valence-electron chi connectivity index (χ1n) is 4.26. The molecule has 0 unspecified atom stereocenters. The summed E-state index contributed by atoms with van der Waals surface area (Å²) in [7, 11) is 0. The van der Waals surface area contributed by atoms with Crippen LogP contribution >= 0.6 is 0 Å². The molecule has 1 rings (SSSR count). The molecule has 1 saturated carbocycles. The number of hydrogen-bond donors (Lipinski definition) is 2. The van der Waals surface area contributed by atoms with Crippen molar-refractivity contribution in [2.45, 2.75) is 44.7 Å². The lowest BCUT2D eigenvalue weighted by atomic mass is 10.00. The minimum Gasteiger partial charge on any atom is -0.390 e. The summed E-state index contributed by atoms with van der Waals surface area (Å²) in [6.07, 6.45) is 0.447. The summed E-state index contributed by atoms with van der Waals surface area (Å²) >= 11 is 0. The van der Waals surface area contributed by atoms with Gasteiger partial charge in [0.15, 0.2) is 0 Å². The zero-order chi connectivity index (χ0) is 8.86. The molecule has 1 fully saturated rings. The molecule has 0 aromatic heterocycles. The molecule has 2 heteroatoms. The SMILES string of the molecule is [2H][C@H]1[C@H](CC(C)(C)O)[C@]1(C)N. The van der Waals surface area contributed by atoms with E-state index >= 15 is 0 Å². The molecule has 0 bridgehead atoms. The van der Waals surface area contributed by atoms with Crippen molar-refractivity contribution in [1.82, 2.24) is 0 Å². The van der Waals surface area contributed by atoms with Crippen LogP contribution in [0.2, 0.25) is 0 Å². The van der Waals surface area contributed by atoms with Crippen LogP contribution in [0.15, 0.2) is 0 Å². The second-order valence-corrected chi connectivity index (χ2v) is 4.16.